The number of hydrogen-bond donors (Lipinski definition) is 1. The van der Waals surface area contributed by atoms with Crippen LogP contribution in [0.4, 0.5) is 8.78 Å². The molecule has 0 fully saturated rings. The lowest BCUT2D eigenvalue weighted by Gasteiger charge is -2.13. The van der Waals surface area contributed by atoms with Crippen LogP contribution in [0.25, 0.3) is 11.0 Å². The number of nitrogens with zero attached hydrogens (tertiary/aromatic N) is 1. The maximum atomic E-state index is 13.7. The highest BCUT2D eigenvalue weighted by Gasteiger charge is 2.10. The zero-order chi connectivity index (χ0) is 21.1. The molecule has 1 heterocycles. The number of aryl methyl sites for hydroxylation is 1. The van der Waals surface area contributed by atoms with Gasteiger partial charge in [0.05, 0.1) is 17.1 Å². The number of halogens is 2. The van der Waals surface area contributed by atoms with Gasteiger partial charge < -0.3 is 14.5 Å². The van der Waals surface area contributed by atoms with E-state index in [4.69, 9.17) is 9.47 Å². The van der Waals surface area contributed by atoms with Crippen LogP contribution in [0.5, 0.6) is 5.75 Å². The van der Waals surface area contributed by atoms with E-state index in [0.717, 1.165) is 40.6 Å². The Kier molecular flexibility index (Phi) is 5.77. The van der Waals surface area contributed by atoms with E-state index in [2.05, 4.69) is 16.0 Å². The molecule has 154 valence electrons. The second-order valence-electron chi connectivity index (χ2n) is 7.25. The predicted octanol–water partition coefficient (Wildman–Crippen LogP) is 6.01. The van der Waals surface area contributed by atoms with Gasteiger partial charge in [-0.25, -0.2) is 13.8 Å². The summed E-state index contributed by atoms with van der Waals surface area (Å²) in [6.45, 7) is 4.33. The molecule has 0 aliphatic heterocycles. The number of fused-ring (bicyclic) bond motifs is 1. The van der Waals surface area contributed by atoms with Crippen molar-refractivity contribution in [1.82, 2.24) is 9.97 Å². The summed E-state index contributed by atoms with van der Waals surface area (Å²) in [6.07, 6.45) is -0.144. The Morgan fingerprint density at radius 2 is 1.77 bits per heavy atom. The Labute approximate surface area is 173 Å². The molecule has 0 radical (unpaired) electrons. The van der Waals surface area contributed by atoms with E-state index in [1.165, 1.54) is 5.56 Å². The summed E-state index contributed by atoms with van der Waals surface area (Å²) >= 11 is 0. The molecule has 4 rings (SSSR count). The van der Waals surface area contributed by atoms with Crippen molar-refractivity contribution in [1.29, 1.82) is 0 Å². The summed E-state index contributed by atoms with van der Waals surface area (Å²) in [5.41, 5.74) is 4.25. The minimum absolute atomic E-state index is 0.0412. The first-order valence-electron chi connectivity index (χ1n) is 9.71. The quantitative estimate of drug-likeness (QED) is 0.408. The zero-order valence-corrected chi connectivity index (χ0v) is 16.8. The third-order valence-electron chi connectivity index (χ3n) is 4.91. The number of ether oxygens (including phenoxy) is 2. The predicted molar refractivity (Wildman–Crippen MR) is 111 cm³/mol. The summed E-state index contributed by atoms with van der Waals surface area (Å²) in [7, 11) is 0. The van der Waals surface area contributed by atoms with E-state index in [1.807, 2.05) is 38.1 Å². The molecule has 3 aromatic carbocycles. The Morgan fingerprint density at radius 1 is 0.967 bits per heavy atom. The molecular weight excluding hydrogens is 386 g/mol. The van der Waals surface area contributed by atoms with Gasteiger partial charge in [-0.1, -0.05) is 18.2 Å². The van der Waals surface area contributed by atoms with Crippen LogP contribution >= 0.6 is 0 Å². The third kappa shape index (κ3) is 4.66. The highest BCUT2D eigenvalue weighted by atomic mass is 19.1. The highest BCUT2D eigenvalue weighted by molar-refractivity contribution is 5.75. The van der Waals surface area contributed by atoms with Crippen LogP contribution in [0.2, 0.25) is 0 Å². The first-order valence-corrected chi connectivity index (χ1v) is 9.71. The number of aromatic nitrogens is 2. The van der Waals surface area contributed by atoms with E-state index in [-0.39, 0.29) is 18.3 Å². The fourth-order valence-corrected chi connectivity index (χ4v) is 3.19. The van der Waals surface area contributed by atoms with Crippen molar-refractivity contribution in [3.05, 3.63) is 94.8 Å². The van der Waals surface area contributed by atoms with Gasteiger partial charge in [0.15, 0.2) is 0 Å². The van der Waals surface area contributed by atoms with Crippen LogP contribution in [0.3, 0.4) is 0 Å². The van der Waals surface area contributed by atoms with Crippen molar-refractivity contribution in [2.75, 3.05) is 0 Å². The molecule has 6 heteroatoms. The molecule has 4 nitrogen and oxygen atoms in total. The topological polar surface area (TPSA) is 47.1 Å². The van der Waals surface area contributed by atoms with Gasteiger partial charge >= 0.3 is 0 Å². The maximum absolute atomic E-state index is 13.7. The monoisotopic (exact) mass is 408 g/mol. The Morgan fingerprint density at radius 3 is 2.57 bits per heavy atom. The summed E-state index contributed by atoms with van der Waals surface area (Å²) in [4.78, 5) is 7.82. The number of hydrogen-bond acceptors (Lipinski definition) is 3. The molecule has 1 unspecified atom stereocenters. The molecule has 0 amide bonds. The molecule has 1 N–H and O–H groups in total. The van der Waals surface area contributed by atoms with E-state index >= 15 is 0 Å². The van der Waals surface area contributed by atoms with E-state index < -0.39 is 11.6 Å². The first-order chi connectivity index (χ1) is 14.5. The number of imidazole rings is 1. The van der Waals surface area contributed by atoms with Crippen molar-refractivity contribution in [3.8, 4) is 5.75 Å². The molecule has 30 heavy (non-hydrogen) atoms. The number of benzene rings is 3. The molecule has 0 aliphatic carbocycles. The smallest absolute Gasteiger partial charge is 0.133 e. The van der Waals surface area contributed by atoms with E-state index in [1.54, 1.807) is 12.1 Å². The fraction of sp³-hybridized carbons (Fsp3) is 0.208. The summed E-state index contributed by atoms with van der Waals surface area (Å²) < 4.78 is 38.4. The largest absolute Gasteiger partial charge is 0.489 e. The fourth-order valence-electron chi connectivity index (χ4n) is 3.19. The van der Waals surface area contributed by atoms with Gasteiger partial charge in [0.2, 0.25) is 0 Å². The van der Waals surface area contributed by atoms with Gasteiger partial charge in [-0.15, -0.1) is 0 Å². The lowest BCUT2D eigenvalue weighted by molar-refractivity contribution is 0.0488. The molecule has 0 spiro atoms. The van der Waals surface area contributed by atoms with Crippen molar-refractivity contribution in [2.24, 2.45) is 0 Å². The molecule has 0 aliphatic rings. The normalized spacial score (nSPS) is 12.3. The van der Waals surface area contributed by atoms with Gasteiger partial charge in [-0.2, -0.15) is 0 Å². The number of H-pyrrole nitrogens is 1. The lowest BCUT2D eigenvalue weighted by atomic mass is 10.1. The second-order valence-corrected chi connectivity index (χ2v) is 7.25. The second kappa shape index (κ2) is 8.63. The van der Waals surface area contributed by atoms with Crippen molar-refractivity contribution in [2.45, 2.75) is 33.2 Å². The van der Waals surface area contributed by atoms with Crippen LogP contribution in [0.15, 0.2) is 60.7 Å². The standard InChI is InChI=1S/C24H22F2N2O2/c1-15-3-10-22-23(11-15)28-24(27-22)14-29-16(2)17-4-7-20(8-5-17)30-13-18-12-19(25)6-9-21(18)26/h3-12,16H,13-14H2,1-2H3,(H,27,28). The van der Waals surface area contributed by atoms with Gasteiger partial charge in [0.25, 0.3) is 0 Å². The van der Waals surface area contributed by atoms with Crippen molar-refractivity contribution < 1.29 is 18.3 Å². The number of rotatable bonds is 7. The first kappa shape index (κ1) is 20.0. The minimum Gasteiger partial charge on any atom is -0.489 e. The van der Waals surface area contributed by atoms with Crippen LogP contribution in [-0.2, 0) is 18.0 Å². The third-order valence-corrected chi connectivity index (χ3v) is 4.91. The molecule has 1 atom stereocenters. The van der Waals surface area contributed by atoms with E-state index in [9.17, 15) is 8.78 Å². The van der Waals surface area contributed by atoms with Gasteiger partial charge in [-0.05, 0) is 67.4 Å². The molecule has 1 aromatic heterocycles. The number of aromatic amines is 1. The van der Waals surface area contributed by atoms with Gasteiger partial charge in [0.1, 0.15) is 36.4 Å². The molecular formula is C24H22F2N2O2. The average Bonchev–Trinajstić information content (AvgIpc) is 3.15. The SMILES string of the molecule is Cc1ccc2nc(COC(C)c3ccc(OCc4cc(F)ccc4F)cc3)[nH]c2c1. The molecule has 4 aromatic rings. The van der Waals surface area contributed by atoms with Crippen LogP contribution < -0.4 is 4.74 Å². The maximum Gasteiger partial charge on any atom is 0.133 e. The Bertz CT molecular complexity index is 1160. The molecule has 0 bridgehead atoms. The van der Waals surface area contributed by atoms with Crippen molar-refractivity contribution in [3.63, 3.8) is 0 Å². The zero-order valence-electron chi connectivity index (χ0n) is 16.8. The summed E-state index contributed by atoms with van der Waals surface area (Å²) in [5.74, 6) is 0.369. The van der Waals surface area contributed by atoms with Crippen LogP contribution in [0.1, 0.15) is 35.5 Å². The Hall–Kier alpha value is -3.25. The molecule has 0 saturated carbocycles. The highest BCUT2D eigenvalue weighted by Crippen LogP contribution is 2.23. The summed E-state index contributed by atoms with van der Waals surface area (Å²) in [5, 5.41) is 0. The minimum atomic E-state index is -0.490. The van der Waals surface area contributed by atoms with Crippen LogP contribution in [-0.4, -0.2) is 9.97 Å². The van der Waals surface area contributed by atoms with E-state index in [0.29, 0.717) is 12.4 Å². The van der Waals surface area contributed by atoms with Gasteiger partial charge in [-0.3, -0.25) is 0 Å². The summed E-state index contributed by atoms with van der Waals surface area (Å²) in [6, 6.07) is 16.8. The average molecular weight is 408 g/mol. The Balaban J connectivity index is 1.34. The number of nitrogens with one attached hydrogen (secondary N) is 1. The molecule has 0 saturated heterocycles. The van der Waals surface area contributed by atoms with Gasteiger partial charge in [0, 0.05) is 5.56 Å². The van der Waals surface area contributed by atoms with Crippen LogP contribution in [0, 0.1) is 18.6 Å². The lowest BCUT2D eigenvalue weighted by Crippen LogP contribution is -2.02. The van der Waals surface area contributed by atoms with Crippen molar-refractivity contribution >= 4 is 11.0 Å².